The van der Waals surface area contributed by atoms with Crippen LogP contribution in [0.25, 0.3) is 0 Å². The number of anilines is 2. The monoisotopic (exact) mass is 389 g/mol. The third-order valence-electron chi connectivity index (χ3n) is 5.01. The zero-order chi connectivity index (χ0) is 20.1. The molecular formula is C21H31N3O4. The molecule has 2 aliphatic heterocycles. The maximum atomic E-state index is 12.7. The molecule has 2 saturated heterocycles. The Morgan fingerprint density at radius 1 is 1.11 bits per heavy atom. The second-order valence-electron chi connectivity index (χ2n) is 8.38. The van der Waals surface area contributed by atoms with Crippen molar-refractivity contribution in [2.24, 2.45) is 5.92 Å². The molecule has 0 spiro atoms. The lowest BCUT2D eigenvalue weighted by Gasteiger charge is -2.33. The highest BCUT2D eigenvalue weighted by Gasteiger charge is 2.30. The smallest absolute Gasteiger partial charge is 0.410 e. The van der Waals surface area contributed by atoms with Crippen LogP contribution < -0.4 is 10.2 Å². The van der Waals surface area contributed by atoms with Crippen molar-refractivity contribution >= 4 is 23.4 Å². The molecule has 0 radical (unpaired) electrons. The number of nitrogens with one attached hydrogen (secondary N) is 1. The van der Waals surface area contributed by atoms with Crippen LogP contribution in [0.3, 0.4) is 0 Å². The Labute approximate surface area is 167 Å². The van der Waals surface area contributed by atoms with Gasteiger partial charge in [0.05, 0.1) is 13.2 Å². The third kappa shape index (κ3) is 5.61. The summed E-state index contributed by atoms with van der Waals surface area (Å²) in [6.45, 7) is 9.84. The van der Waals surface area contributed by atoms with E-state index >= 15 is 0 Å². The molecule has 2 heterocycles. The minimum atomic E-state index is -0.503. The van der Waals surface area contributed by atoms with E-state index < -0.39 is 5.60 Å². The molecule has 0 aromatic heterocycles. The van der Waals surface area contributed by atoms with Gasteiger partial charge in [-0.15, -0.1) is 0 Å². The molecule has 0 aliphatic carbocycles. The van der Waals surface area contributed by atoms with Crippen molar-refractivity contribution < 1.29 is 19.1 Å². The van der Waals surface area contributed by atoms with Crippen LogP contribution in [0.15, 0.2) is 24.3 Å². The number of ether oxygens (including phenoxy) is 2. The molecule has 7 heteroatoms. The molecule has 1 aromatic carbocycles. The van der Waals surface area contributed by atoms with Crippen molar-refractivity contribution in [3.05, 3.63) is 24.3 Å². The molecular weight excluding hydrogens is 358 g/mol. The highest BCUT2D eigenvalue weighted by molar-refractivity contribution is 5.93. The van der Waals surface area contributed by atoms with Crippen molar-refractivity contribution in [1.82, 2.24) is 4.90 Å². The average molecular weight is 389 g/mol. The Morgan fingerprint density at radius 3 is 2.43 bits per heavy atom. The van der Waals surface area contributed by atoms with Gasteiger partial charge >= 0.3 is 6.09 Å². The molecule has 0 saturated carbocycles. The van der Waals surface area contributed by atoms with Crippen LogP contribution in [0.1, 0.15) is 33.6 Å². The van der Waals surface area contributed by atoms with E-state index in [9.17, 15) is 9.59 Å². The van der Waals surface area contributed by atoms with Gasteiger partial charge in [-0.05, 0) is 51.8 Å². The Hall–Kier alpha value is -2.28. The van der Waals surface area contributed by atoms with Gasteiger partial charge in [-0.2, -0.15) is 0 Å². The fraction of sp³-hybridized carbons (Fsp3) is 0.619. The normalized spacial score (nSPS) is 18.7. The summed E-state index contributed by atoms with van der Waals surface area (Å²) in [6.07, 6.45) is 0.993. The minimum Gasteiger partial charge on any atom is -0.444 e. The summed E-state index contributed by atoms with van der Waals surface area (Å²) in [4.78, 5) is 28.8. The van der Waals surface area contributed by atoms with Crippen molar-refractivity contribution in [2.45, 2.75) is 39.2 Å². The van der Waals surface area contributed by atoms with Crippen molar-refractivity contribution in [2.75, 3.05) is 49.6 Å². The fourth-order valence-corrected chi connectivity index (χ4v) is 3.50. The van der Waals surface area contributed by atoms with Crippen molar-refractivity contribution in [3.8, 4) is 0 Å². The first kappa shape index (κ1) is 20.5. The lowest BCUT2D eigenvalue weighted by atomic mass is 9.96. The maximum Gasteiger partial charge on any atom is 0.410 e. The van der Waals surface area contributed by atoms with E-state index in [0.29, 0.717) is 25.9 Å². The first-order valence-corrected chi connectivity index (χ1v) is 10.0. The Balaban J connectivity index is 1.51. The summed E-state index contributed by atoms with van der Waals surface area (Å²) in [6, 6.07) is 7.95. The topological polar surface area (TPSA) is 71.1 Å². The Kier molecular flexibility index (Phi) is 6.44. The van der Waals surface area contributed by atoms with Gasteiger partial charge in [-0.25, -0.2) is 4.79 Å². The van der Waals surface area contributed by atoms with Crippen LogP contribution >= 0.6 is 0 Å². The van der Waals surface area contributed by atoms with Gasteiger partial charge in [0.1, 0.15) is 5.60 Å². The number of hydrogen-bond acceptors (Lipinski definition) is 5. The van der Waals surface area contributed by atoms with Crippen LogP contribution in [0, 0.1) is 5.92 Å². The van der Waals surface area contributed by atoms with E-state index in [4.69, 9.17) is 9.47 Å². The number of nitrogens with zero attached hydrogens (tertiary/aromatic N) is 2. The number of likely N-dealkylation sites (tertiary alicyclic amines) is 1. The fourth-order valence-electron chi connectivity index (χ4n) is 3.50. The second-order valence-corrected chi connectivity index (χ2v) is 8.38. The molecule has 0 atom stereocenters. The van der Waals surface area contributed by atoms with Gasteiger partial charge in [0.2, 0.25) is 5.91 Å². The Morgan fingerprint density at radius 2 is 1.79 bits per heavy atom. The van der Waals surface area contributed by atoms with Gasteiger partial charge in [0, 0.05) is 43.5 Å². The largest absolute Gasteiger partial charge is 0.444 e. The summed E-state index contributed by atoms with van der Waals surface area (Å²) >= 11 is 0. The molecule has 0 unspecified atom stereocenters. The summed E-state index contributed by atoms with van der Waals surface area (Å²) in [5, 5.41) is 3.04. The number of piperidine rings is 1. The van der Waals surface area contributed by atoms with Gasteiger partial charge in [-0.3, -0.25) is 4.79 Å². The molecule has 7 nitrogen and oxygen atoms in total. The highest BCUT2D eigenvalue weighted by Crippen LogP contribution is 2.24. The lowest BCUT2D eigenvalue weighted by Crippen LogP contribution is -2.43. The number of amides is 2. The first-order chi connectivity index (χ1) is 13.3. The summed E-state index contributed by atoms with van der Waals surface area (Å²) < 4.78 is 10.8. The first-order valence-electron chi connectivity index (χ1n) is 10.0. The summed E-state index contributed by atoms with van der Waals surface area (Å²) in [5.41, 5.74) is 1.40. The van der Waals surface area contributed by atoms with Crippen LogP contribution in [0.4, 0.5) is 16.2 Å². The molecule has 3 rings (SSSR count). The number of benzene rings is 1. The number of hydrogen-bond donors (Lipinski definition) is 1. The molecule has 0 bridgehead atoms. The van der Waals surface area contributed by atoms with E-state index in [1.54, 1.807) is 4.90 Å². The van der Waals surface area contributed by atoms with Crippen LogP contribution in [-0.4, -0.2) is 61.9 Å². The SMILES string of the molecule is CC(C)(C)OC(=O)N1CCC(C(=O)Nc2cccc(N3CCOCC3)c2)CC1. The van der Waals surface area contributed by atoms with Gasteiger partial charge < -0.3 is 24.6 Å². The van der Waals surface area contributed by atoms with E-state index in [0.717, 1.165) is 37.7 Å². The van der Waals surface area contributed by atoms with Crippen LogP contribution in [-0.2, 0) is 14.3 Å². The molecule has 2 fully saturated rings. The lowest BCUT2D eigenvalue weighted by molar-refractivity contribution is -0.121. The van der Waals surface area contributed by atoms with Crippen LogP contribution in [0.5, 0.6) is 0 Å². The third-order valence-corrected chi connectivity index (χ3v) is 5.01. The van der Waals surface area contributed by atoms with E-state index in [-0.39, 0.29) is 17.9 Å². The summed E-state index contributed by atoms with van der Waals surface area (Å²) in [5.74, 6) is -0.0753. The molecule has 2 aliphatic rings. The standard InChI is InChI=1S/C21H31N3O4/c1-21(2,3)28-20(26)24-9-7-16(8-10-24)19(25)22-17-5-4-6-18(15-17)23-11-13-27-14-12-23/h4-6,15-16H,7-14H2,1-3H3,(H,22,25). The molecule has 2 amide bonds. The Bertz CT molecular complexity index is 687. The van der Waals surface area contributed by atoms with Crippen molar-refractivity contribution in [3.63, 3.8) is 0 Å². The predicted octanol–water partition coefficient (Wildman–Crippen LogP) is 3.11. The average Bonchev–Trinajstić information content (AvgIpc) is 2.68. The molecule has 154 valence electrons. The second kappa shape index (κ2) is 8.82. The molecule has 28 heavy (non-hydrogen) atoms. The number of rotatable bonds is 3. The quantitative estimate of drug-likeness (QED) is 0.860. The zero-order valence-electron chi connectivity index (χ0n) is 17.1. The van der Waals surface area contributed by atoms with E-state index in [1.807, 2.05) is 39.0 Å². The zero-order valence-corrected chi connectivity index (χ0v) is 17.1. The van der Waals surface area contributed by atoms with E-state index in [1.165, 1.54) is 0 Å². The van der Waals surface area contributed by atoms with Crippen LogP contribution in [0.2, 0.25) is 0 Å². The van der Waals surface area contributed by atoms with Gasteiger partial charge in [0.25, 0.3) is 0 Å². The van der Waals surface area contributed by atoms with Gasteiger partial charge in [0.15, 0.2) is 0 Å². The van der Waals surface area contributed by atoms with Crippen molar-refractivity contribution in [1.29, 1.82) is 0 Å². The number of carbonyl (C=O) groups excluding carboxylic acids is 2. The number of morpholine rings is 1. The predicted molar refractivity (Wildman–Crippen MR) is 109 cm³/mol. The summed E-state index contributed by atoms with van der Waals surface area (Å²) in [7, 11) is 0. The maximum absolute atomic E-state index is 12.7. The molecule has 1 N–H and O–H groups in total. The van der Waals surface area contributed by atoms with E-state index in [2.05, 4.69) is 16.3 Å². The molecule has 1 aromatic rings. The number of carbonyl (C=O) groups is 2. The highest BCUT2D eigenvalue weighted by atomic mass is 16.6. The minimum absolute atomic E-state index is 0.0166. The van der Waals surface area contributed by atoms with Gasteiger partial charge in [-0.1, -0.05) is 6.07 Å².